The number of hydrogen-bond acceptors (Lipinski definition) is 6. The molecule has 0 spiro atoms. The van der Waals surface area contributed by atoms with Gasteiger partial charge in [0.2, 0.25) is 0 Å². The van der Waals surface area contributed by atoms with Crippen molar-refractivity contribution >= 4 is 69.5 Å². The van der Waals surface area contributed by atoms with Crippen LogP contribution < -0.4 is 25.5 Å². The molecular weight excluding hydrogens is 656 g/mol. The van der Waals surface area contributed by atoms with Crippen LogP contribution in [0.5, 0.6) is 11.5 Å². The predicted molar refractivity (Wildman–Crippen MR) is 147 cm³/mol. The van der Waals surface area contributed by atoms with E-state index in [2.05, 4.69) is 21.2 Å². The van der Waals surface area contributed by atoms with Crippen molar-refractivity contribution in [3.63, 3.8) is 0 Å². The molecule has 0 radical (unpaired) electrons. The maximum atomic E-state index is 12.9. The molecule has 3 amide bonds. The highest BCUT2D eigenvalue weighted by Crippen LogP contribution is 2.34. The van der Waals surface area contributed by atoms with Crippen LogP contribution in [-0.2, 0) is 20.6 Å². The maximum Gasteiger partial charge on any atom is 0.416 e. The Labute approximate surface area is 238 Å². The standard InChI is InChI=1S/C25H19ClF3IN4O5/c1-38-20-9-14(12-31-34-24(37)23(36)33-18-7-3-5-16(26)11-18)8-19(30)22(20)39-13-21(35)32-17-6-2-4-15(10-17)25(27,28)29/h2-12H,13H2,1H3,(H,32,35)(H,33,36)(H,34,37)/b31-12-. The smallest absolute Gasteiger partial charge is 0.416 e. The van der Waals surface area contributed by atoms with E-state index in [0.29, 0.717) is 19.8 Å². The summed E-state index contributed by atoms with van der Waals surface area (Å²) in [7, 11) is 1.36. The van der Waals surface area contributed by atoms with Gasteiger partial charge in [-0.25, -0.2) is 5.43 Å². The second-order valence-corrected chi connectivity index (χ2v) is 9.21. The normalized spacial score (nSPS) is 11.1. The van der Waals surface area contributed by atoms with Gasteiger partial charge in [-0.2, -0.15) is 18.3 Å². The third-order valence-electron chi connectivity index (χ3n) is 4.74. The summed E-state index contributed by atoms with van der Waals surface area (Å²) in [5, 5.41) is 8.88. The number of halogens is 5. The molecule has 3 N–H and O–H groups in total. The second kappa shape index (κ2) is 13.3. The molecule has 0 aliphatic heterocycles. The fourth-order valence-electron chi connectivity index (χ4n) is 3.03. The van der Waals surface area contributed by atoms with Crippen LogP contribution >= 0.6 is 34.2 Å². The average Bonchev–Trinajstić information content (AvgIpc) is 2.87. The molecule has 14 heteroatoms. The highest BCUT2D eigenvalue weighted by Gasteiger charge is 2.30. The number of rotatable bonds is 8. The van der Waals surface area contributed by atoms with Gasteiger partial charge in [-0.15, -0.1) is 0 Å². The Morgan fingerprint density at radius 2 is 1.69 bits per heavy atom. The van der Waals surface area contributed by atoms with Crippen LogP contribution in [0.1, 0.15) is 11.1 Å². The highest BCUT2D eigenvalue weighted by molar-refractivity contribution is 14.1. The minimum atomic E-state index is -4.54. The number of benzene rings is 3. The van der Waals surface area contributed by atoms with Gasteiger partial charge in [0.1, 0.15) is 0 Å². The molecule has 3 aromatic carbocycles. The number of carbonyl (C=O) groups is 3. The third kappa shape index (κ3) is 8.85. The van der Waals surface area contributed by atoms with E-state index in [4.69, 9.17) is 21.1 Å². The molecule has 3 rings (SSSR count). The van der Waals surface area contributed by atoms with Crippen LogP contribution in [0.2, 0.25) is 5.02 Å². The van der Waals surface area contributed by atoms with Gasteiger partial charge in [-0.3, -0.25) is 14.4 Å². The number of alkyl halides is 3. The number of carbonyl (C=O) groups excluding carboxylic acids is 3. The fourth-order valence-corrected chi connectivity index (χ4v) is 4.00. The first-order valence-corrected chi connectivity index (χ1v) is 12.3. The summed E-state index contributed by atoms with van der Waals surface area (Å²) < 4.78 is 50.0. The molecule has 0 aliphatic carbocycles. The third-order valence-corrected chi connectivity index (χ3v) is 5.78. The molecule has 0 heterocycles. The van der Waals surface area contributed by atoms with Gasteiger partial charge < -0.3 is 20.1 Å². The van der Waals surface area contributed by atoms with Crippen molar-refractivity contribution < 1.29 is 37.0 Å². The first-order valence-electron chi connectivity index (χ1n) is 10.8. The molecule has 0 aliphatic rings. The molecule has 0 aromatic heterocycles. The Bertz CT molecular complexity index is 1420. The van der Waals surface area contributed by atoms with E-state index in [-0.39, 0.29) is 17.2 Å². The van der Waals surface area contributed by atoms with Crippen molar-refractivity contribution in [1.29, 1.82) is 0 Å². The Kier molecular flexibility index (Phi) is 10.1. The van der Waals surface area contributed by atoms with Gasteiger partial charge in [-0.05, 0) is 76.7 Å². The topological polar surface area (TPSA) is 118 Å². The molecule has 39 heavy (non-hydrogen) atoms. The van der Waals surface area contributed by atoms with Crippen molar-refractivity contribution in [2.75, 3.05) is 24.4 Å². The van der Waals surface area contributed by atoms with E-state index in [1.54, 1.807) is 24.3 Å². The molecule has 0 fully saturated rings. The highest BCUT2D eigenvalue weighted by atomic mass is 127. The van der Waals surface area contributed by atoms with Crippen LogP contribution in [0, 0.1) is 3.57 Å². The Morgan fingerprint density at radius 1 is 1.00 bits per heavy atom. The number of anilines is 2. The van der Waals surface area contributed by atoms with Crippen molar-refractivity contribution in [3.05, 3.63) is 80.4 Å². The fraction of sp³-hybridized carbons (Fsp3) is 0.120. The van der Waals surface area contributed by atoms with Crippen molar-refractivity contribution in [1.82, 2.24) is 5.43 Å². The molecule has 204 valence electrons. The van der Waals surface area contributed by atoms with Crippen molar-refractivity contribution in [2.24, 2.45) is 5.10 Å². The first kappa shape index (κ1) is 29.7. The number of nitrogens with zero attached hydrogens (tertiary/aromatic N) is 1. The summed E-state index contributed by atoms with van der Waals surface area (Å²) in [6.45, 7) is -0.506. The summed E-state index contributed by atoms with van der Waals surface area (Å²) >= 11 is 7.77. The molecular formula is C25H19ClF3IN4O5. The van der Waals surface area contributed by atoms with E-state index in [1.165, 1.54) is 37.6 Å². The second-order valence-electron chi connectivity index (χ2n) is 7.61. The number of nitrogens with one attached hydrogen (secondary N) is 3. The predicted octanol–water partition coefficient (Wildman–Crippen LogP) is 5.08. The van der Waals surface area contributed by atoms with E-state index in [0.717, 1.165) is 12.1 Å². The Balaban J connectivity index is 1.59. The number of amides is 3. The van der Waals surface area contributed by atoms with Crippen molar-refractivity contribution in [3.8, 4) is 11.5 Å². The lowest BCUT2D eigenvalue weighted by Gasteiger charge is -2.14. The van der Waals surface area contributed by atoms with Crippen LogP contribution in [0.4, 0.5) is 24.5 Å². The maximum absolute atomic E-state index is 12.9. The zero-order valence-corrected chi connectivity index (χ0v) is 22.8. The summed E-state index contributed by atoms with van der Waals surface area (Å²) in [5.74, 6) is -2.22. The SMILES string of the molecule is COc1cc(/C=N\NC(=O)C(=O)Nc2cccc(Cl)c2)cc(I)c1OCC(=O)Nc1cccc(C(F)(F)F)c1. The van der Waals surface area contributed by atoms with E-state index in [9.17, 15) is 27.6 Å². The summed E-state index contributed by atoms with van der Waals surface area (Å²) in [6, 6.07) is 13.6. The summed E-state index contributed by atoms with van der Waals surface area (Å²) in [4.78, 5) is 36.3. The number of hydrogen-bond donors (Lipinski definition) is 3. The minimum absolute atomic E-state index is 0.0325. The largest absolute Gasteiger partial charge is 0.493 e. The van der Waals surface area contributed by atoms with E-state index >= 15 is 0 Å². The van der Waals surface area contributed by atoms with Crippen molar-refractivity contribution in [2.45, 2.75) is 6.18 Å². The molecule has 0 unspecified atom stereocenters. The number of methoxy groups -OCH3 is 1. The van der Waals surface area contributed by atoms with E-state index in [1.807, 2.05) is 22.6 Å². The quantitative estimate of drug-likeness (QED) is 0.133. The van der Waals surface area contributed by atoms with Crippen LogP contribution in [0.15, 0.2) is 65.8 Å². The first-order chi connectivity index (χ1) is 18.5. The lowest BCUT2D eigenvalue weighted by atomic mass is 10.2. The van der Waals surface area contributed by atoms with Gasteiger partial charge in [0, 0.05) is 16.4 Å². The van der Waals surface area contributed by atoms with E-state index < -0.39 is 36.1 Å². The molecule has 0 saturated carbocycles. The minimum Gasteiger partial charge on any atom is -0.493 e. The monoisotopic (exact) mass is 674 g/mol. The molecule has 0 atom stereocenters. The van der Waals surface area contributed by atoms with Crippen LogP contribution in [0.3, 0.4) is 0 Å². The van der Waals surface area contributed by atoms with Gasteiger partial charge in [0.15, 0.2) is 18.1 Å². The summed E-state index contributed by atoms with van der Waals surface area (Å²) in [5.41, 5.74) is 1.98. The van der Waals surface area contributed by atoms with Gasteiger partial charge in [-0.1, -0.05) is 23.7 Å². The zero-order valence-electron chi connectivity index (χ0n) is 19.9. The van der Waals surface area contributed by atoms with Crippen LogP contribution in [0.25, 0.3) is 0 Å². The lowest BCUT2D eigenvalue weighted by Crippen LogP contribution is -2.32. The van der Waals surface area contributed by atoms with Gasteiger partial charge >= 0.3 is 18.0 Å². The van der Waals surface area contributed by atoms with Crippen LogP contribution in [-0.4, -0.2) is 37.7 Å². The molecule has 3 aromatic rings. The molecule has 0 saturated heterocycles. The number of hydrazone groups is 1. The zero-order chi connectivity index (χ0) is 28.6. The molecule has 0 bridgehead atoms. The Morgan fingerprint density at radius 3 is 2.36 bits per heavy atom. The Hall–Kier alpha value is -3.85. The summed E-state index contributed by atoms with van der Waals surface area (Å²) in [6.07, 6.45) is -3.28. The van der Waals surface area contributed by atoms with Gasteiger partial charge in [0.25, 0.3) is 5.91 Å². The lowest BCUT2D eigenvalue weighted by molar-refractivity contribution is -0.137. The molecule has 9 nitrogen and oxygen atoms in total. The number of ether oxygens (including phenoxy) is 2. The average molecular weight is 675 g/mol. The van der Waals surface area contributed by atoms with Gasteiger partial charge in [0.05, 0.1) is 22.5 Å².